The van der Waals surface area contributed by atoms with E-state index in [1.165, 1.54) is 12.1 Å². The minimum Gasteiger partial charge on any atom is -0.393 e. The van der Waals surface area contributed by atoms with Crippen LogP contribution in [-0.4, -0.2) is 23.9 Å². The molecule has 1 atom stereocenters. The first-order chi connectivity index (χ1) is 8.64. The molecule has 0 aliphatic heterocycles. The van der Waals surface area contributed by atoms with Gasteiger partial charge in [-0.1, -0.05) is 12.1 Å². The second kappa shape index (κ2) is 5.92. The lowest BCUT2D eigenvalue weighted by Gasteiger charge is -2.25. The van der Waals surface area contributed by atoms with Gasteiger partial charge in [-0.15, -0.1) is 0 Å². The second-order valence-corrected chi connectivity index (χ2v) is 5.22. The third-order valence-corrected chi connectivity index (χ3v) is 3.03. The molecule has 2 nitrogen and oxygen atoms in total. The van der Waals surface area contributed by atoms with Crippen LogP contribution in [0.5, 0.6) is 0 Å². The molecule has 1 aromatic rings. The Balaban J connectivity index is 2.63. The van der Waals surface area contributed by atoms with E-state index in [2.05, 4.69) is 0 Å². The molecule has 108 valence electrons. The number of hydrogen-bond acceptors (Lipinski definition) is 2. The Labute approximate surface area is 111 Å². The summed E-state index contributed by atoms with van der Waals surface area (Å²) in [5.41, 5.74) is -0.457. The minimum atomic E-state index is -4.32. The Hall–Kier alpha value is -1.07. The van der Waals surface area contributed by atoms with Crippen molar-refractivity contribution in [3.05, 3.63) is 35.4 Å². The molecule has 0 aliphatic carbocycles. The summed E-state index contributed by atoms with van der Waals surface area (Å²) in [7, 11) is 1.56. The molecule has 1 aromatic carbocycles. The molecule has 0 fully saturated rings. The smallest absolute Gasteiger partial charge is 0.393 e. The highest BCUT2D eigenvalue weighted by molar-refractivity contribution is 5.25. The average Bonchev–Trinajstić information content (AvgIpc) is 2.27. The molecule has 0 bridgehead atoms. The van der Waals surface area contributed by atoms with Gasteiger partial charge < -0.3 is 9.84 Å². The number of halogens is 3. The van der Waals surface area contributed by atoms with E-state index in [1.54, 1.807) is 7.11 Å². The van der Waals surface area contributed by atoms with Crippen LogP contribution in [0.25, 0.3) is 0 Å². The van der Waals surface area contributed by atoms with E-state index in [9.17, 15) is 18.3 Å². The van der Waals surface area contributed by atoms with Gasteiger partial charge in [-0.25, -0.2) is 0 Å². The van der Waals surface area contributed by atoms with Crippen molar-refractivity contribution >= 4 is 0 Å². The van der Waals surface area contributed by atoms with Gasteiger partial charge in [0.15, 0.2) is 0 Å². The molecule has 1 unspecified atom stereocenters. The van der Waals surface area contributed by atoms with Gasteiger partial charge in [0.2, 0.25) is 0 Å². The van der Waals surface area contributed by atoms with Crippen LogP contribution >= 0.6 is 0 Å². The molecular formula is C14H19F3O2. The first-order valence-electron chi connectivity index (χ1n) is 6.03. The van der Waals surface area contributed by atoms with Crippen molar-refractivity contribution < 1.29 is 23.0 Å². The lowest BCUT2D eigenvalue weighted by Crippen LogP contribution is -2.29. The minimum absolute atomic E-state index is 0.310. The van der Waals surface area contributed by atoms with Crippen molar-refractivity contribution in [3.63, 3.8) is 0 Å². The first-order valence-corrected chi connectivity index (χ1v) is 6.03. The summed E-state index contributed by atoms with van der Waals surface area (Å²) >= 11 is 0. The van der Waals surface area contributed by atoms with Gasteiger partial charge in [-0.05, 0) is 38.0 Å². The Morgan fingerprint density at radius 2 is 1.68 bits per heavy atom. The molecule has 1 N–H and O–H groups in total. The summed E-state index contributed by atoms with van der Waals surface area (Å²) in [5, 5.41) is 9.90. The predicted molar refractivity (Wildman–Crippen MR) is 66.9 cm³/mol. The van der Waals surface area contributed by atoms with Crippen LogP contribution in [0.2, 0.25) is 0 Å². The van der Waals surface area contributed by atoms with Gasteiger partial charge in [0.1, 0.15) is 0 Å². The molecule has 1 rings (SSSR count). The topological polar surface area (TPSA) is 29.5 Å². The van der Waals surface area contributed by atoms with Crippen molar-refractivity contribution in [3.8, 4) is 0 Å². The largest absolute Gasteiger partial charge is 0.416 e. The van der Waals surface area contributed by atoms with E-state index >= 15 is 0 Å². The Morgan fingerprint density at radius 3 is 2.11 bits per heavy atom. The van der Waals surface area contributed by atoms with E-state index in [0.29, 0.717) is 18.4 Å². The summed E-state index contributed by atoms with van der Waals surface area (Å²) in [6.07, 6.45) is -4.24. The summed E-state index contributed by atoms with van der Waals surface area (Å²) in [5.74, 6) is 0. The number of aliphatic hydroxyl groups is 1. The maximum atomic E-state index is 12.4. The highest BCUT2D eigenvalue weighted by Gasteiger charge is 2.30. The number of alkyl halides is 3. The molecule has 0 aromatic heterocycles. The van der Waals surface area contributed by atoms with E-state index in [0.717, 1.165) is 12.1 Å². The quantitative estimate of drug-likeness (QED) is 0.893. The Bertz CT molecular complexity index is 396. The lowest BCUT2D eigenvalue weighted by atomic mass is 9.96. The normalized spacial score (nSPS) is 14.5. The molecule has 5 heteroatoms. The zero-order valence-corrected chi connectivity index (χ0v) is 11.3. The standard InChI is InChI=1S/C14H19F3O2/c1-13(2,19-3)9-12(18)8-10-4-6-11(7-5-10)14(15,16)17/h4-7,12,18H,8-9H2,1-3H3. The number of benzene rings is 1. The van der Waals surface area contributed by atoms with Crippen LogP contribution in [0.3, 0.4) is 0 Å². The zero-order chi connectivity index (χ0) is 14.7. The monoisotopic (exact) mass is 276 g/mol. The summed E-state index contributed by atoms with van der Waals surface area (Å²) < 4.78 is 42.4. The zero-order valence-electron chi connectivity index (χ0n) is 11.3. The van der Waals surface area contributed by atoms with Crippen LogP contribution in [-0.2, 0) is 17.3 Å². The molecule has 19 heavy (non-hydrogen) atoms. The first kappa shape index (κ1) is 16.0. The molecule has 0 spiro atoms. The van der Waals surface area contributed by atoms with Crippen molar-refractivity contribution in [2.24, 2.45) is 0 Å². The summed E-state index contributed by atoms with van der Waals surface area (Å²) in [6, 6.07) is 4.85. The summed E-state index contributed by atoms with van der Waals surface area (Å²) in [6.45, 7) is 3.70. The van der Waals surface area contributed by atoms with E-state index < -0.39 is 23.4 Å². The third kappa shape index (κ3) is 5.20. The fourth-order valence-electron chi connectivity index (χ4n) is 1.82. The molecule has 0 saturated carbocycles. The van der Waals surface area contributed by atoms with E-state index in [1.807, 2.05) is 13.8 Å². The van der Waals surface area contributed by atoms with Gasteiger partial charge in [0.25, 0.3) is 0 Å². The predicted octanol–water partition coefficient (Wildman–Crippen LogP) is 3.42. The maximum Gasteiger partial charge on any atom is 0.416 e. The average molecular weight is 276 g/mol. The van der Waals surface area contributed by atoms with Crippen molar-refractivity contribution in [1.82, 2.24) is 0 Å². The fourth-order valence-corrected chi connectivity index (χ4v) is 1.82. The Morgan fingerprint density at radius 1 is 1.16 bits per heavy atom. The highest BCUT2D eigenvalue weighted by atomic mass is 19.4. The maximum absolute atomic E-state index is 12.4. The van der Waals surface area contributed by atoms with Crippen molar-refractivity contribution in [1.29, 1.82) is 0 Å². The van der Waals surface area contributed by atoms with E-state index in [4.69, 9.17) is 4.74 Å². The second-order valence-electron chi connectivity index (χ2n) is 5.22. The van der Waals surface area contributed by atoms with E-state index in [-0.39, 0.29) is 0 Å². The Kier molecular flexibility index (Phi) is 4.98. The van der Waals surface area contributed by atoms with Crippen LogP contribution in [0.4, 0.5) is 13.2 Å². The van der Waals surface area contributed by atoms with Crippen LogP contribution in [0.1, 0.15) is 31.4 Å². The summed E-state index contributed by atoms with van der Waals surface area (Å²) in [4.78, 5) is 0. The number of aliphatic hydroxyl groups excluding tert-OH is 1. The number of hydrogen-bond donors (Lipinski definition) is 1. The number of ether oxygens (including phenoxy) is 1. The van der Waals surface area contributed by atoms with Crippen molar-refractivity contribution in [2.45, 2.75) is 44.6 Å². The SMILES string of the molecule is COC(C)(C)CC(O)Cc1ccc(C(F)(F)F)cc1. The molecule has 0 aliphatic rings. The lowest BCUT2D eigenvalue weighted by molar-refractivity contribution is -0.137. The van der Waals surface area contributed by atoms with Gasteiger partial charge in [-0.2, -0.15) is 13.2 Å². The highest BCUT2D eigenvalue weighted by Crippen LogP contribution is 2.29. The molecule has 0 heterocycles. The van der Waals surface area contributed by atoms with Gasteiger partial charge in [0, 0.05) is 13.5 Å². The van der Waals surface area contributed by atoms with Gasteiger partial charge >= 0.3 is 6.18 Å². The fraction of sp³-hybridized carbons (Fsp3) is 0.571. The van der Waals surface area contributed by atoms with Crippen LogP contribution in [0, 0.1) is 0 Å². The number of methoxy groups -OCH3 is 1. The third-order valence-electron chi connectivity index (χ3n) is 3.03. The molecule has 0 saturated heterocycles. The molecule has 0 radical (unpaired) electrons. The number of rotatable bonds is 5. The van der Waals surface area contributed by atoms with Gasteiger partial charge in [0.05, 0.1) is 17.3 Å². The van der Waals surface area contributed by atoms with Crippen LogP contribution < -0.4 is 0 Å². The molecule has 0 amide bonds. The van der Waals surface area contributed by atoms with Gasteiger partial charge in [-0.3, -0.25) is 0 Å². The van der Waals surface area contributed by atoms with Crippen molar-refractivity contribution in [2.75, 3.05) is 7.11 Å². The van der Waals surface area contributed by atoms with Crippen LogP contribution in [0.15, 0.2) is 24.3 Å². The molecular weight excluding hydrogens is 257 g/mol.